The third-order valence-corrected chi connectivity index (χ3v) is 3.06. The molecule has 0 fully saturated rings. The Labute approximate surface area is 129 Å². The van der Waals surface area contributed by atoms with Gasteiger partial charge < -0.3 is 15.4 Å². The van der Waals surface area contributed by atoms with Gasteiger partial charge >= 0.3 is 0 Å². The fourth-order valence-electron chi connectivity index (χ4n) is 1.85. The third-order valence-electron chi connectivity index (χ3n) is 2.83. The summed E-state index contributed by atoms with van der Waals surface area (Å²) < 4.78 is 4.76. The molecule has 2 aromatic carbocycles. The van der Waals surface area contributed by atoms with E-state index in [9.17, 15) is 4.79 Å². The average Bonchev–Trinajstić information content (AvgIpc) is 2.47. The molecule has 0 heterocycles. The number of benzene rings is 2. The molecule has 0 aliphatic carbocycles. The minimum Gasteiger partial charge on any atom is -0.381 e. The summed E-state index contributed by atoms with van der Waals surface area (Å²) in [4.78, 5) is 11.4. The number of nitrogens with one attached hydrogen (secondary N) is 2. The summed E-state index contributed by atoms with van der Waals surface area (Å²) in [5.41, 5.74) is 2.82. The first-order valence-corrected chi connectivity index (χ1v) is 6.92. The number of methoxy groups -OCH3 is 1. The van der Waals surface area contributed by atoms with E-state index in [1.807, 2.05) is 48.5 Å². The smallest absolute Gasteiger partial charge is 0.250 e. The molecule has 0 spiro atoms. The van der Waals surface area contributed by atoms with Gasteiger partial charge in [-0.3, -0.25) is 4.79 Å². The second-order valence-corrected chi connectivity index (χ2v) is 4.98. The lowest BCUT2D eigenvalue weighted by atomic mass is 10.2. The van der Waals surface area contributed by atoms with Gasteiger partial charge in [0.15, 0.2) is 0 Å². The van der Waals surface area contributed by atoms with E-state index < -0.39 is 0 Å². The summed E-state index contributed by atoms with van der Waals surface area (Å²) in [6, 6.07) is 15.2. The molecule has 0 unspecified atom stereocenters. The molecule has 0 aromatic heterocycles. The lowest BCUT2D eigenvalue weighted by Gasteiger charge is -2.09. The molecular weight excluding hydrogens is 288 g/mol. The highest BCUT2D eigenvalue weighted by atomic mass is 35.5. The molecule has 5 heteroatoms. The fraction of sp³-hybridized carbons (Fsp3) is 0.188. The number of hydrogen-bond donors (Lipinski definition) is 2. The van der Waals surface area contributed by atoms with Gasteiger partial charge in [0.1, 0.15) is 6.61 Å². The first-order valence-electron chi connectivity index (χ1n) is 6.54. The topological polar surface area (TPSA) is 50.4 Å². The first-order chi connectivity index (χ1) is 10.2. The molecule has 0 aliphatic heterocycles. The SMILES string of the molecule is COCC(=O)Nc1ccc(NCc2cccc(Cl)c2)cc1. The van der Waals surface area contributed by atoms with Gasteiger partial charge in [0.25, 0.3) is 0 Å². The molecule has 2 N–H and O–H groups in total. The maximum Gasteiger partial charge on any atom is 0.250 e. The second-order valence-electron chi connectivity index (χ2n) is 4.54. The molecule has 21 heavy (non-hydrogen) atoms. The van der Waals surface area contributed by atoms with Crippen LogP contribution in [0.4, 0.5) is 11.4 Å². The number of hydrogen-bond acceptors (Lipinski definition) is 3. The lowest BCUT2D eigenvalue weighted by Crippen LogP contribution is -2.16. The number of ether oxygens (including phenoxy) is 1. The average molecular weight is 305 g/mol. The Balaban J connectivity index is 1.89. The van der Waals surface area contributed by atoms with Crippen molar-refractivity contribution in [2.45, 2.75) is 6.54 Å². The monoisotopic (exact) mass is 304 g/mol. The Morgan fingerprint density at radius 3 is 2.52 bits per heavy atom. The van der Waals surface area contributed by atoms with Crippen LogP contribution in [0.2, 0.25) is 5.02 Å². The van der Waals surface area contributed by atoms with Gasteiger partial charge in [-0.15, -0.1) is 0 Å². The Bertz CT molecular complexity index is 599. The van der Waals surface area contributed by atoms with E-state index in [4.69, 9.17) is 16.3 Å². The van der Waals surface area contributed by atoms with E-state index >= 15 is 0 Å². The number of halogens is 1. The molecule has 0 saturated heterocycles. The molecule has 110 valence electrons. The predicted octanol–water partition coefficient (Wildman–Crippen LogP) is 3.54. The van der Waals surface area contributed by atoms with Gasteiger partial charge in [-0.25, -0.2) is 0 Å². The van der Waals surface area contributed by atoms with Crippen LogP contribution < -0.4 is 10.6 Å². The van der Waals surface area contributed by atoms with E-state index in [2.05, 4.69) is 10.6 Å². The Morgan fingerprint density at radius 1 is 1.14 bits per heavy atom. The zero-order valence-electron chi connectivity index (χ0n) is 11.7. The number of amides is 1. The molecule has 2 aromatic rings. The lowest BCUT2D eigenvalue weighted by molar-refractivity contribution is -0.119. The molecule has 4 nitrogen and oxygen atoms in total. The van der Waals surface area contributed by atoms with Gasteiger partial charge in [0, 0.05) is 30.1 Å². The molecule has 0 aliphatic rings. The van der Waals surface area contributed by atoms with Crippen molar-refractivity contribution in [1.29, 1.82) is 0 Å². The summed E-state index contributed by atoms with van der Waals surface area (Å²) in [6.07, 6.45) is 0. The van der Waals surface area contributed by atoms with Crippen molar-refractivity contribution in [2.75, 3.05) is 24.4 Å². The first kappa shape index (κ1) is 15.4. The number of anilines is 2. The quantitative estimate of drug-likeness (QED) is 0.858. The van der Waals surface area contributed by atoms with Crippen LogP contribution >= 0.6 is 11.6 Å². The van der Waals surface area contributed by atoms with Crippen LogP contribution in [0.1, 0.15) is 5.56 Å². The largest absolute Gasteiger partial charge is 0.381 e. The molecular formula is C16H17ClN2O2. The maximum atomic E-state index is 11.4. The van der Waals surface area contributed by atoms with Crippen LogP contribution in [0.15, 0.2) is 48.5 Å². The zero-order chi connectivity index (χ0) is 15.1. The molecule has 0 radical (unpaired) electrons. The van der Waals surface area contributed by atoms with Crippen LogP contribution in [0.3, 0.4) is 0 Å². The van der Waals surface area contributed by atoms with E-state index in [-0.39, 0.29) is 12.5 Å². The second kappa shape index (κ2) is 7.67. The van der Waals surface area contributed by atoms with Crippen LogP contribution in [-0.2, 0) is 16.1 Å². The van der Waals surface area contributed by atoms with Gasteiger partial charge in [0.05, 0.1) is 0 Å². The minimum atomic E-state index is -0.169. The standard InChI is InChI=1S/C16H17ClN2O2/c1-21-11-16(20)19-15-7-5-14(6-8-15)18-10-12-3-2-4-13(17)9-12/h2-9,18H,10-11H2,1H3,(H,19,20). The van der Waals surface area contributed by atoms with Crippen molar-refractivity contribution in [3.05, 3.63) is 59.1 Å². The van der Waals surface area contributed by atoms with Crippen molar-refractivity contribution in [2.24, 2.45) is 0 Å². The van der Waals surface area contributed by atoms with Crippen molar-refractivity contribution < 1.29 is 9.53 Å². The fourth-order valence-corrected chi connectivity index (χ4v) is 2.06. The van der Waals surface area contributed by atoms with Crippen molar-refractivity contribution in [3.63, 3.8) is 0 Å². The summed E-state index contributed by atoms with van der Waals surface area (Å²) in [5.74, 6) is -0.169. The normalized spacial score (nSPS) is 10.2. The molecule has 2 rings (SSSR count). The highest BCUT2D eigenvalue weighted by molar-refractivity contribution is 6.30. The number of rotatable bonds is 6. The highest BCUT2D eigenvalue weighted by Crippen LogP contribution is 2.16. The molecule has 1 amide bonds. The summed E-state index contributed by atoms with van der Waals surface area (Å²) in [6.45, 7) is 0.741. The summed E-state index contributed by atoms with van der Waals surface area (Å²) in [5, 5.41) is 6.77. The molecule has 0 bridgehead atoms. The van der Waals surface area contributed by atoms with Gasteiger partial charge in [-0.2, -0.15) is 0 Å². The maximum absolute atomic E-state index is 11.4. The minimum absolute atomic E-state index is 0.0504. The van der Waals surface area contributed by atoms with Crippen molar-refractivity contribution in [1.82, 2.24) is 0 Å². The van der Waals surface area contributed by atoms with Gasteiger partial charge in [-0.05, 0) is 42.0 Å². The predicted molar refractivity (Wildman–Crippen MR) is 85.7 cm³/mol. The van der Waals surface area contributed by atoms with Crippen LogP contribution in [0.5, 0.6) is 0 Å². The van der Waals surface area contributed by atoms with Crippen LogP contribution in [0, 0.1) is 0 Å². The number of carbonyl (C=O) groups excluding carboxylic acids is 1. The van der Waals surface area contributed by atoms with E-state index in [1.165, 1.54) is 7.11 Å². The highest BCUT2D eigenvalue weighted by Gasteiger charge is 2.01. The van der Waals surface area contributed by atoms with E-state index in [0.29, 0.717) is 6.54 Å². The summed E-state index contributed by atoms with van der Waals surface area (Å²) >= 11 is 5.94. The molecule has 0 atom stereocenters. The summed E-state index contributed by atoms with van der Waals surface area (Å²) in [7, 11) is 1.49. The van der Waals surface area contributed by atoms with E-state index in [1.54, 1.807) is 0 Å². The van der Waals surface area contributed by atoms with Crippen molar-refractivity contribution >= 4 is 28.9 Å². The molecule has 0 saturated carbocycles. The van der Waals surface area contributed by atoms with Crippen LogP contribution in [0.25, 0.3) is 0 Å². The Hall–Kier alpha value is -2.04. The van der Waals surface area contributed by atoms with Gasteiger partial charge in [-0.1, -0.05) is 23.7 Å². The number of carbonyl (C=O) groups is 1. The Morgan fingerprint density at radius 2 is 1.86 bits per heavy atom. The zero-order valence-corrected chi connectivity index (χ0v) is 12.5. The third kappa shape index (κ3) is 5.10. The van der Waals surface area contributed by atoms with E-state index in [0.717, 1.165) is 22.0 Å². The van der Waals surface area contributed by atoms with Gasteiger partial charge in [0.2, 0.25) is 5.91 Å². The van der Waals surface area contributed by atoms with Crippen LogP contribution in [-0.4, -0.2) is 19.6 Å². The Kier molecular flexibility index (Phi) is 5.60. The van der Waals surface area contributed by atoms with Crippen molar-refractivity contribution in [3.8, 4) is 0 Å².